The first kappa shape index (κ1) is 8.74. The molecular weight excluding hydrogens is 182 g/mol. The number of fused-ring (bicyclic) bond motifs is 1. The van der Waals surface area contributed by atoms with Gasteiger partial charge in [0.15, 0.2) is 5.58 Å². The van der Waals surface area contributed by atoms with Gasteiger partial charge in [-0.2, -0.15) is 0 Å². The number of Topliss-reactive ketones (excluding diaryl/α,β-unsaturated/α-hetero) is 1. The molecule has 0 saturated heterocycles. The van der Waals surface area contributed by atoms with Crippen molar-refractivity contribution in [2.45, 2.75) is 13.3 Å². The predicted molar refractivity (Wildman–Crippen MR) is 51.2 cm³/mol. The van der Waals surface area contributed by atoms with Crippen LogP contribution in [0.4, 0.5) is 0 Å². The number of nitrogens with one attached hydrogen (secondary N) is 1. The van der Waals surface area contributed by atoms with Gasteiger partial charge in [0.05, 0.1) is 5.52 Å². The van der Waals surface area contributed by atoms with Crippen molar-refractivity contribution in [1.29, 1.82) is 0 Å². The van der Waals surface area contributed by atoms with Gasteiger partial charge in [0.2, 0.25) is 0 Å². The summed E-state index contributed by atoms with van der Waals surface area (Å²) in [6.45, 7) is 1.53. The van der Waals surface area contributed by atoms with E-state index in [1.165, 1.54) is 6.92 Å². The van der Waals surface area contributed by atoms with E-state index in [1.54, 1.807) is 18.2 Å². The van der Waals surface area contributed by atoms with E-state index in [9.17, 15) is 9.59 Å². The number of hydrogen-bond acceptors (Lipinski definition) is 3. The van der Waals surface area contributed by atoms with Gasteiger partial charge in [0.1, 0.15) is 5.78 Å². The van der Waals surface area contributed by atoms with Gasteiger partial charge in [0, 0.05) is 6.42 Å². The van der Waals surface area contributed by atoms with Crippen molar-refractivity contribution in [2.75, 3.05) is 0 Å². The number of oxazole rings is 1. The summed E-state index contributed by atoms with van der Waals surface area (Å²) in [5.41, 5.74) is 2.00. The van der Waals surface area contributed by atoms with E-state index in [1.807, 2.05) is 0 Å². The number of hydrogen-bond donors (Lipinski definition) is 1. The van der Waals surface area contributed by atoms with E-state index < -0.39 is 5.76 Å². The highest BCUT2D eigenvalue weighted by Crippen LogP contribution is 2.12. The zero-order valence-electron chi connectivity index (χ0n) is 7.66. The molecule has 0 aliphatic carbocycles. The SMILES string of the molecule is CC(=O)Cc1ccc2[nH]c(=O)oc2c1. The number of H-pyrrole nitrogens is 1. The largest absolute Gasteiger partial charge is 0.417 e. The lowest BCUT2D eigenvalue weighted by Crippen LogP contribution is -1.95. The first-order chi connectivity index (χ1) is 6.65. The summed E-state index contributed by atoms with van der Waals surface area (Å²) in [6, 6.07) is 5.24. The van der Waals surface area contributed by atoms with Gasteiger partial charge < -0.3 is 4.42 Å². The van der Waals surface area contributed by atoms with Crippen LogP contribution in [0.2, 0.25) is 0 Å². The third-order valence-corrected chi connectivity index (χ3v) is 1.94. The van der Waals surface area contributed by atoms with Crippen LogP contribution in [0.3, 0.4) is 0 Å². The quantitative estimate of drug-likeness (QED) is 0.777. The summed E-state index contributed by atoms with van der Waals surface area (Å²) in [4.78, 5) is 24.2. The molecule has 0 spiro atoms. The molecule has 0 atom stereocenters. The number of benzene rings is 1. The standard InChI is InChI=1S/C10H9NO3/c1-6(12)4-7-2-3-8-9(5-7)14-10(13)11-8/h2-3,5H,4H2,1H3,(H,11,13). The second-order valence-corrected chi connectivity index (χ2v) is 3.22. The van der Waals surface area contributed by atoms with E-state index in [2.05, 4.69) is 4.98 Å². The molecule has 0 bridgehead atoms. The van der Waals surface area contributed by atoms with E-state index in [0.29, 0.717) is 17.5 Å². The third kappa shape index (κ3) is 1.59. The molecular formula is C10H9NO3. The minimum absolute atomic E-state index is 0.0854. The second kappa shape index (κ2) is 3.14. The van der Waals surface area contributed by atoms with Crippen molar-refractivity contribution in [3.63, 3.8) is 0 Å². The fourth-order valence-electron chi connectivity index (χ4n) is 1.39. The van der Waals surface area contributed by atoms with Crippen LogP contribution in [0.5, 0.6) is 0 Å². The molecule has 1 aromatic heterocycles. The lowest BCUT2D eigenvalue weighted by Gasteiger charge is -1.95. The van der Waals surface area contributed by atoms with Crippen LogP contribution < -0.4 is 5.76 Å². The number of aromatic amines is 1. The molecule has 0 amide bonds. The first-order valence-electron chi connectivity index (χ1n) is 4.26. The minimum Gasteiger partial charge on any atom is -0.408 e. The molecule has 1 aromatic carbocycles. The Hall–Kier alpha value is -1.84. The number of aromatic nitrogens is 1. The van der Waals surface area contributed by atoms with Crippen molar-refractivity contribution in [2.24, 2.45) is 0 Å². The Morgan fingerprint density at radius 2 is 2.29 bits per heavy atom. The van der Waals surface area contributed by atoms with Crippen molar-refractivity contribution >= 4 is 16.9 Å². The van der Waals surface area contributed by atoms with Crippen LogP contribution in [0, 0.1) is 0 Å². The van der Waals surface area contributed by atoms with Gasteiger partial charge in [-0.15, -0.1) is 0 Å². The van der Waals surface area contributed by atoms with Gasteiger partial charge in [-0.25, -0.2) is 4.79 Å². The Morgan fingerprint density at radius 3 is 3.00 bits per heavy atom. The van der Waals surface area contributed by atoms with Crippen molar-refractivity contribution < 1.29 is 9.21 Å². The molecule has 4 nitrogen and oxygen atoms in total. The molecule has 2 aromatic rings. The number of carbonyl (C=O) groups excluding carboxylic acids is 1. The predicted octanol–water partition coefficient (Wildman–Crippen LogP) is 1.25. The molecule has 4 heteroatoms. The average Bonchev–Trinajstić information content (AvgIpc) is 2.42. The number of ketones is 1. The molecule has 2 rings (SSSR count). The molecule has 14 heavy (non-hydrogen) atoms. The molecule has 0 aliphatic heterocycles. The minimum atomic E-state index is -0.472. The highest BCUT2D eigenvalue weighted by atomic mass is 16.4. The lowest BCUT2D eigenvalue weighted by molar-refractivity contribution is -0.116. The monoisotopic (exact) mass is 191 g/mol. The van der Waals surface area contributed by atoms with Crippen molar-refractivity contribution in [3.05, 3.63) is 34.3 Å². The van der Waals surface area contributed by atoms with Crippen molar-refractivity contribution in [1.82, 2.24) is 4.98 Å². The van der Waals surface area contributed by atoms with E-state index in [-0.39, 0.29) is 5.78 Å². The molecule has 0 fully saturated rings. The summed E-state index contributed by atoms with van der Waals surface area (Å²) in [6.07, 6.45) is 0.366. The molecule has 0 saturated carbocycles. The van der Waals surface area contributed by atoms with Crippen LogP contribution in [0.25, 0.3) is 11.1 Å². The maximum absolute atomic E-state index is 10.9. The normalized spacial score (nSPS) is 10.6. The zero-order valence-corrected chi connectivity index (χ0v) is 7.66. The van der Waals surface area contributed by atoms with Crippen LogP contribution in [0.15, 0.2) is 27.4 Å². The van der Waals surface area contributed by atoms with Gasteiger partial charge in [-0.05, 0) is 24.6 Å². The lowest BCUT2D eigenvalue weighted by atomic mass is 10.1. The Kier molecular flexibility index (Phi) is 1.96. The van der Waals surface area contributed by atoms with Crippen LogP contribution in [-0.4, -0.2) is 10.8 Å². The summed E-state index contributed by atoms with van der Waals surface area (Å²) in [5, 5.41) is 0. The maximum atomic E-state index is 10.9. The summed E-state index contributed by atoms with van der Waals surface area (Å²) in [7, 11) is 0. The van der Waals surface area contributed by atoms with Gasteiger partial charge in [0.25, 0.3) is 0 Å². The zero-order chi connectivity index (χ0) is 10.1. The molecule has 72 valence electrons. The molecule has 1 heterocycles. The van der Waals surface area contributed by atoms with E-state index in [4.69, 9.17) is 4.42 Å². The Balaban J connectivity index is 2.50. The third-order valence-electron chi connectivity index (χ3n) is 1.94. The molecule has 1 N–H and O–H groups in total. The number of rotatable bonds is 2. The topological polar surface area (TPSA) is 63.1 Å². The Morgan fingerprint density at radius 1 is 1.50 bits per heavy atom. The van der Waals surface area contributed by atoms with Crippen molar-refractivity contribution in [3.8, 4) is 0 Å². The highest BCUT2D eigenvalue weighted by molar-refractivity contribution is 5.80. The second-order valence-electron chi connectivity index (χ2n) is 3.22. The Bertz CT molecular complexity index is 536. The van der Waals surface area contributed by atoms with Crippen LogP contribution >= 0.6 is 0 Å². The smallest absolute Gasteiger partial charge is 0.408 e. The van der Waals surface area contributed by atoms with Gasteiger partial charge in [-0.1, -0.05) is 6.07 Å². The molecule has 0 radical (unpaired) electrons. The fourth-order valence-corrected chi connectivity index (χ4v) is 1.39. The summed E-state index contributed by atoms with van der Waals surface area (Å²) in [5.74, 6) is -0.387. The highest BCUT2D eigenvalue weighted by Gasteiger charge is 2.03. The van der Waals surface area contributed by atoms with Gasteiger partial charge in [-0.3, -0.25) is 9.78 Å². The first-order valence-corrected chi connectivity index (χ1v) is 4.26. The van der Waals surface area contributed by atoms with Crippen LogP contribution in [-0.2, 0) is 11.2 Å². The maximum Gasteiger partial charge on any atom is 0.417 e. The molecule has 0 aliphatic rings. The average molecular weight is 191 g/mol. The summed E-state index contributed by atoms with van der Waals surface area (Å²) < 4.78 is 4.87. The van der Waals surface area contributed by atoms with E-state index >= 15 is 0 Å². The van der Waals surface area contributed by atoms with Gasteiger partial charge >= 0.3 is 5.76 Å². The van der Waals surface area contributed by atoms with Crippen LogP contribution in [0.1, 0.15) is 12.5 Å². The molecule has 0 unspecified atom stereocenters. The Labute approximate surface area is 79.5 Å². The fraction of sp³-hybridized carbons (Fsp3) is 0.200. The summed E-state index contributed by atoms with van der Waals surface area (Å²) >= 11 is 0. The number of carbonyl (C=O) groups is 1. The van der Waals surface area contributed by atoms with E-state index in [0.717, 1.165) is 5.56 Å².